The molecule has 0 spiro atoms. The summed E-state index contributed by atoms with van der Waals surface area (Å²) in [6, 6.07) is 10.9. The topological polar surface area (TPSA) is 51.0 Å². The van der Waals surface area contributed by atoms with Gasteiger partial charge in [0.15, 0.2) is 0 Å². The van der Waals surface area contributed by atoms with Gasteiger partial charge in [-0.15, -0.1) is 11.3 Å². The monoisotopic (exact) mass is 378 g/mol. The largest absolute Gasteiger partial charge is 0.331 e. The maximum Gasteiger partial charge on any atom is 0.273 e. The highest BCUT2D eigenvalue weighted by Gasteiger charge is 2.39. The van der Waals surface area contributed by atoms with E-state index in [-0.39, 0.29) is 5.91 Å². The highest BCUT2D eigenvalue weighted by atomic mass is 32.1. The number of aromatic nitrogens is 3. The van der Waals surface area contributed by atoms with Crippen molar-refractivity contribution < 1.29 is 4.79 Å². The molecule has 0 bridgehead atoms. The van der Waals surface area contributed by atoms with Gasteiger partial charge in [-0.1, -0.05) is 31.0 Å². The molecule has 138 valence electrons. The SMILES string of the molecule is O=C(c1csc(-c2cnn(-c3ccccc3)c2)n1)N(C1CCCC1)C1CC1. The van der Waals surface area contributed by atoms with E-state index >= 15 is 0 Å². The number of carbonyl (C=O) groups excluding carboxylic acids is 1. The third-order valence-electron chi connectivity index (χ3n) is 5.47. The smallest absolute Gasteiger partial charge is 0.273 e. The third kappa shape index (κ3) is 3.30. The molecule has 2 heterocycles. The molecule has 0 radical (unpaired) electrons. The number of amides is 1. The molecule has 5 nitrogen and oxygen atoms in total. The minimum absolute atomic E-state index is 0.113. The summed E-state index contributed by atoms with van der Waals surface area (Å²) in [7, 11) is 0. The van der Waals surface area contributed by atoms with Crippen LogP contribution in [-0.2, 0) is 0 Å². The lowest BCUT2D eigenvalue weighted by Gasteiger charge is -2.28. The highest BCUT2D eigenvalue weighted by Crippen LogP contribution is 2.36. The Bertz CT molecular complexity index is 938. The number of nitrogens with zero attached hydrogens (tertiary/aromatic N) is 4. The van der Waals surface area contributed by atoms with Crippen molar-refractivity contribution in [1.29, 1.82) is 0 Å². The van der Waals surface area contributed by atoms with Gasteiger partial charge in [0, 0.05) is 29.2 Å². The minimum atomic E-state index is 0.113. The van der Waals surface area contributed by atoms with E-state index in [0.717, 1.165) is 41.9 Å². The third-order valence-corrected chi connectivity index (χ3v) is 6.36. The fourth-order valence-corrected chi connectivity index (χ4v) is 4.73. The average molecular weight is 379 g/mol. The van der Waals surface area contributed by atoms with Gasteiger partial charge in [0.1, 0.15) is 10.7 Å². The molecule has 0 saturated heterocycles. The Labute approximate surface area is 162 Å². The summed E-state index contributed by atoms with van der Waals surface area (Å²) < 4.78 is 1.84. The van der Waals surface area contributed by atoms with Crippen molar-refractivity contribution in [2.45, 2.75) is 50.6 Å². The van der Waals surface area contributed by atoms with Gasteiger partial charge in [0.2, 0.25) is 0 Å². The summed E-state index contributed by atoms with van der Waals surface area (Å²) in [5.74, 6) is 0.113. The average Bonchev–Trinajstić information content (AvgIpc) is 3.15. The number of rotatable bonds is 5. The van der Waals surface area contributed by atoms with Crippen molar-refractivity contribution in [3.05, 3.63) is 53.8 Å². The van der Waals surface area contributed by atoms with E-state index in [4.69, 9.17) is 0 Å². The molecule has 6 heteroatoms. The first kappa shape index (κ1) is 16.7. The molecule has 2 aliphatic carbocycles. The summed E-state index contributed by atoms with van der Waals surface area (Å²) in [6.45, 7) is 0. The summed E-state index contributed by atoms with van der Waals surface area (Å²) in [4.78, 5) is 19.9. The lowest BCUT2D eigenvalue weighted by atomic mass is 10.2. The van der Waals surface area contributed by atoms with Crippen LogP contribution >= 0.6 is 11.3 Å². The van der Waals surface area contributed by atoms with E-state index in [9.17, 15) is 4.79 Å². The first-order chi connectivity index (χ1) is 13.3. The molecule has 0 aliphatic heterocycles. The molecule has 2 fully saturated rings. The van der Waals surface area contributed by atoms with Crippen LogP contribution in [0.4, 0.5) is 0 Å². The molecule has 0 unspecified atom stereocenters. The predicted molar refractivity (Wildman–Crippen MR) is 106 cm³/mol. The van der Waals surface area contributed by atoms with E-state index in [0.29, 0.717) is 17.8 Å². The van der Waals surface area contributed by atoms with Crippen LogP contribution in [0.15, 0.2) is 48.1 Å². The fraction of sp³-hybridized carbons (Fsp3) is 0.381. The van der Waals surface area contributed by atoms with Crippen molar-refractivity contribution in [2.24, 2.45) is 0 Å². The fourth-order valence-electron chi connectivity index (χ4n) is 3.96. The lowest BCUT2D eigenvalue weighted by molar-refractivity contribution is 0.0659. The highest BCUT2D eigenvalue weighted by molar-refractivity contribution is 7.13. The zero-order valence-electron chi connectivity index (χ0n) is 15.1. The number of thiazole rings is 1. The van der Waals surface area contributed by atoms with Crippen molar-refractivity contribution >= 4 is 17.2 Å². The molecule has 0 atom stereocenters. The Morgan fingerprint density at radius 3 is 2.56 bits per heavy atom. The van der Waals surface area contributed by atoms with Crippen molar-refractivity contribution in [3.8, 4) is 16.3 Å². The molecular weight excluding hydrogens is 356 g/mol. The predicted octanol–water partition coefficient (Wildman–Crippen LogP) is 4.54. The maximum absolute atomic E-state index is 13.1. The van der Waals surface area contributed by atoms with Crippen LogP contribution in [0.3, 0.4) is 0 Å². The van der Waals surface area contributed by atoms with E-state index < -0.39 is 0 Å². The van der Waals surface area contributed by atoms with Gasteiger partial charge in [0.05, 0.1) is 11.9 Å². The Balaban J connectivity index is 1.38. The number of carbonyl (C=O) groups is 1. The van der Waals surface area contributed by atoms with Crippen LogP contribution in [0.5, 0.6) is 0 Å². The normalized spacial score (nSPS) is 17.3. The Morgan fingerprint density at radius 2 is 1.81 bits per heavy atom. The van der Waals surface area contributed by atoms with Gasteiger partial charge in [-0.25, -0.2) is 9.67 Å². The second-order valence-corrected chi connectivity index (χ2v) is 8.29. The quantitative estimate of drug-likeness (QED) is 0.655. The van der Waals surface area contributed by atoms with Crippen LogP contribution in [0.25, 0.3) is 16.3 Å². The molecule has 3 aromatic rings. The van der Waals surface area contributed by atoms with E-state index in [1.54, 1.807) is 0 Å². The molecule has 5 rings (SSSR count). The number of hydrogen-bond donors (Lipinski definition) is 0. The number of hydrogen-bond acceptors (Lipinski definition) is 4. The van der Waals surface area contributed by atoms with Gasteiger partial charge in [0.25, 0.3) is 5.91 Å². The molecule has 1 aromatic carbocycles. The molecule has 2 aliphatic rings. The summed E-state index contributed by atoms with van der Waals surface area (Å²) in [6.07, 6.45) is 10.8. The zero-order chi connectivity index (χ0) is 18.2. The molecule has 27 heavy (non-hydrogen) atoms. The van der Waals surface area contributed by atoms with Crippen molar-refractivity contribution in [3.63, 3.8) is 0 Å². The molecule has 0 N–H and O–H groups in total. The van der Waals surface area contributed by atoms with Gasteiger partial charge < -0.3 is 4.90 Å². The first-order valence-corrected chi connectivity index (χ1v) is 10.6. The van der Waals surface area contributed by atoms with Crippen molar-refractivity contribution in [1.82, 2.24) is 19.7 Å². The molecular formula is C21H22N4OS. The van der Waals surface area contributed by atoms with Gasteiger partial charge in [-0.05, 0) is 37.8 Å². The standard InChI is InChI=1S/C21H22N4OS/c26-21(25(18-10-11-18)17-8-4-5-9-17)19-14-27-20(23-19)15-12-22-24(13-15)16-6-2-1-3-7-16/h1-3,6-7,12-14,17-18H,4-5,8-11H2. The van der Waals surface area contributed by atoms with Gasteiger partial charge >= 0.3 is 0 Å². The zero-order valence-corrected chi connectivity index (χ0v) is 15.9. The minimum Gasteiger partial charge on any atom is -0.331 e. The van der Waals surface area contributed by atoms with Crippen LogP contribution in [0, 0.1) is 0 Å². The summed E-state index contributed by atoms with van der Waals surface area (Å²) in [5.41, 5.74) is 2.54. The van der Waals surface area contributed by atoms with E-state index in [1.807, 2.05) is 52.8 Å². The van der Waals surface area contributed by atoms with Crippen LogP contribution in [0.1, 0.15) is 49.0 Å². The van der Waals surface area contributed by atoms with Crippen molar-refractivity contribution in [2.75, 3.05) is 0 Å². The second-order valence-electron chi connectivity index (χ2n) is 7.43. The number of para-hydroxylation sites is 1. The number of benzene rings is 1. The van der Waals surface area contributed by atoms with Crippen LogP contribution < -0.4 is 0 Å². The van der Waals surface area contributed by atoms with E-state index in [1.165, 1.54) is 24.2 Å². The van der Waals surface area contributed by atoms with Crippen LogP contribution in [-0.4, -0.2) is 37.7 Å². The Hall–Kier alpha value is -2.47. The molecule has 1 amide bonds. The van der Waals surface area contributed by atoms with Gasteiger partial charge in [-0.3, -0.25) is 4.79 Å². The second kappa shape index (κ2) is 6.93. The lowest BCUT2D eigenvalue weighted by Crippen LogP contribution is -2.40. The molecule has 2 aromatic heterocycles. The summed E-state index contributed by atoms with van der Waals surface area (Å²) in [5, 5.41) is 7.20. The first-order valence-electron chi connectivity index (χ1n) is 9.68. The van der Waals surface area contributed by atoms with Gasteiger partial charge in [-0.2, -0.15) is 5.10 Å². The summed E-state index contributed by atoms with van der Waals surface area (Å²) >= 11 is 1.52. The van der Waals surface area contributed by atoms with E-state index in [2.05, 4.69) is 15.0 Å². The maximum atomic E-state index is 13.1. The molecule has 2 saturated carbocycles. The Morgan fingerprint density at radius 1 is 1.07 bits per heavy atom. The van der Waals surface area contributed by atoms with Crippen LogP contribution in [0.2, 0.25) is 0 Å². The Kier molecular flexibility index (Phi) is 4.28.